The van der Waals surface area contributed by atoms with E-state index in [-0.39, 0.29) is 6.61 Å². The van der Waals surface area contributed by atoms with Crippen molar-refractivity contribution in [3.05, 3.63) is 36.2 Å². The predicted octanol–water partition coefficient (Wildman–Crippen LogP) is 0.545. The fourth-order valence-electron chi connectivity index (χ4n) is 1.20. The maximum atomic E-state index is 5.42. The highest BCUT2D eigenvalue weighted by Crippen LogP contribution is 2.10. The quantitative estimate of drug-likeness (QED) is 0.791. The minimum Gasteiger partial charge on any atom is -0.484 e. The molecule has 0 saturated heterocycles. The summed E-state index contributed by atoms with van der Waals surface area (Å²) in [5.74, 6) is 1.18. The minimum absolute atomic E-state index is 0.272. The molecule has 2 aromatic rings. The molecule has 0 fully saturated rings. The summed E-state index contributed by atoms with van der Waals surface area (Å²) in [7, 11) is 0. The zero-order valence-electron chi connectivity index (χ0n) is 8.67. The van der Waals surface area contributed by atoms with E-state index < -0.39 is 0 Å². The average molecular weight is 220 g/mol. The SMILES string of the molecule is NCCc1ccc(OCc2ncon2)cn1. The van der Waals surface area contributed by atoms with Crippen LogP contribution in [0.5, 0.6) is 5.75 Å². The maximum absolute atomic E-state index is 5.42. The summed E-state index contributed by atoms with van der Waals surface area (Å²) >= 11 is 0. The van der Waals surface area contributed by atoms with Gasteiger partial charge < -0.3 is 15.0 Å². The van der Waals surface area contributed by atoms with Gasteiger partial charge in [-0.1, -0.05) is 5.16 Å². The monoisotopic (exact) mass is 220 g/mol. The molecule has 84 valence electrons. The second-order valence-electron chi connectivity index (χ2n) is 3.16. The van der Waals surface area contributed by atoms with Crippen LogP contribution in [0.4, 0.5) is 0 Å². The third-order valence-corrected chi connectivity index (χ3v) is 1.97. The molecule has 2 heterocycles. The van der Waals surface area contributed by atoms with Gasteiger partial charge in [-0.25, -0.2) is 0 Å². The number of rotatable bonds is 5. The van der Waals surface area contributed by atoms with E-state index in [4.69, 9.17) is 10.5 Å². The van der Waals surface area contributed by atoms with E-state index in [2.05, 4.69) is 19.6 Å². The number of nitrogens with zero attached hydrogens (tertiary/aromatic N) is 3. The van der Waals surface area contributed by atoms with E-state index in [1.54, 1.807) is 6.20 Å². The van der Waals surface area contributed by atoms with E-state index in [1.165, 1.54) is 6.39 Å². The number of ether oxygens (including phenoxy) is 1. The lowest BCUT2D eigenvalue weighted by molar-refractivity contribution is 0.285. The first-order valence-corrected chi connectivity index (χ1v) is 4.91. The largest absolute Gasteiger partial charge is 0.484 e. The molecule has 6 nitrogen and oxygen atoms in total. The van der Waals surface area contributed by atoms with Crippen LogP contribution in [-0.2, 0) is 13.0 Å². The Morgan fingerprint density at radius 1 is 1.31 bits per heavy atom. The maximum Gasteiger partial charge on any atom is 0.213 e. The molecule has 0 amide bonds. The van der Waals surface area contributed by atoms with Crippen LogP contribution >= 0.6 is 0 Å². The van der Waals surface area contributed by atoms with Crippen LogP contribution in [0, 0.1) is 0 Å². The van der Waals surface area contributed by atoms with Crippen molar-refractivity contribution < 1.29 is 9.26 Å². The predicted molar refractivity (Wildman–Crippen MR) is 55.6 cm³/mol. The third-order valence-electron chi connectivity index (χ3n) is 1.97. The molecule has 0 atom stereocenters. The second-order valence-corrected chi connectivity index (χ2v) is 3.16. The van der Waals surface area contributed by atoms with Gasteiger partial charge in [0, 0.05) is 12.1 Å². The van der Waals surface area contributed by atoms with Gasteiger partial charge in [0.2, 0.25) is 12.2 Å². The van der Waals surface area contributed by atoms with Crippen LogP contribution in [0.25, 0.3) is 0 Å². The molecule has 0 aromatic carbocycles. The highest BCUT2D eigenvalue weighted by atomic mass is 16.5. The van der Waals surface area contributed by atoms with Crippen LogP contribution in [0.2, 0.25) is 0 Å². The lowest BCUT2D eigenvalue weighted by Gasteiger charge is -2.03. The molecule has 2 rings (SSSR count). The summed E-state index contributed by atoms with van der Waals surface area (Å²) in [5, 5.41) is 3.63. The van der Waals surface area contributed by atoms with E-state index >= 15 is 0 Å². The number of nitrogens with two attached hydrogens (primary N) is 1. The van der Waals surface area contributed by atoms with Gasteiger partial charge in [0.05, 0.1) is 6.20 Å². The number of hydrogen-bond donors (Lipinski definition) is 1. The summed E-state index contributed by atoms with van der Waals surface area (Å²) in [5.41, 5.74) is 6.38. The van der Waals surface area contributed by atoms with Crippen molar-refractivity contribution in [3.63, 3.8) is 0 Å². The Morgan fingerprint density at radius 3 is 2.88 bits per heavy atom. The molecule has 0 radical (unpaired) electrons. The molecule has 16 heavy (non-hydrogen) atoms. The van der Waals surface area contributed by atoms with Crippen molar-refractivity contribution in [1.29, 1.82) is 0 Å². The summed E-state index contributed by atoms with van der Waals surface area (Å²) in [6, 6.07) is 3.73. The molecule has 0 aliphatic carbocycles. The van der Waals surface area contributed by atoms with Crippen LogP contribution < -0.4 is 10.5 Å². The van der Waals surface area contributed by atoms with Crippen molar-refractivity contribution in [2.45, 2.75) is 13.0 Å². The van der Waals surface area contributed by atoms with Gasteiger partial charge in [0.15, 0.2) is 6.61 Å². The summed E-state index contributed by atoms with van der Waals surface area (Å²) in [4.78, 5) is 8.04. The molecule has 0 spiro atoms. The Kier molecular flexibility index (Phi) is 3.45. The standard InChI is InChI=1S/C10H12N4O2/c11-4-3-8-1-2-9(5-12-8)15-6-10-13-7-16-14-10/h1-2,5,7H,3-4,6,11H2. The fraction of sp³-hybridized carbons (Fsp3) is 0.300. The van der Waals surface area contributed by atoms with Crippen LogP contribution in [0.15, 0.2) is 29.2 Å². The molecule has 0 unspecified atom stereocenters. The number of hydrogen-bond acceptors (Lipinski definition) is 6. The number of aromatic nitrogens is 3. The van der Waals surface area contributed by atoms with Crippen LogP contribution in [-0.4, -0.2) is 21.7 Å². The second kappa shape index (κ2) is 5.22. The molecule has 0 aliphatic rings. The van der Waals surface area contributed by atoms with E-state index in [0.29, 0.717) is 18.1 Å². The van der Waals surface area contributed by atoms with Crippen molar-refractivity contribution >= 4 is 0 Å². The van der Waals surface area contributed by atoms with Gasteiger partial charge in [-0.3, -0.25) is 4.98 Å². The Bertz CT molecular complexity index is 413. The summed E-state index contributed by atoms with van der Waals surface area (Å²) < 4.78 is 9.99. The first-order valence-electron chi connectivity index (χ1n) is 4.91. The van der Waals surface area contributed by atoms with Gasteiger partial charge in [-0.2, -0.15) is 4.98 Å². The highest BCUT2D eigenvalue weighted by Gasteiger charge is 2.00. The van der Waals surface area contributed by atoms with E-state index in [0.717, 1.165) is 12.1 Å². The molecule has 6 heteroatoms. The first kappa shape index (κ1) is 10.6. The van der Waals surface area contributed by atoms with Gasteiger partial charge in [0.1, 0.15) is 5.75 Å². The molecule has 0 saturated carbocycles. The molecule has 2 aromatic heterocycles. The number of pyridine rings is 1. The topological polar surface area (TPSA) is 87.1 Å². The van der Waals surface area contributed by atoms with Crippen LogP contribution in [0.1, 0.15) is 11.5 Å². The first-order chi connectivity index (χ1) is 7.88. The molecule has 0 bridgehead atoms. The van der Waals surface area contributed by atoms with Crippen molar-refractivity contribution in [1.82, 2.24) is 15.1 Å². The summed E-state index contributed by atoms with van der Waals surface area (Å²) in [6.45, 7) is 0.866. The zero-order valence-corrected chi connectivity index (χ0v) is 8.67. The lowest BCUT2D eigenvalue weighted by Crippen LogP contribution is -2.04. The normalized spacial score (nSPS) is 10.3. The molecule has 0 aliphatic heterocycles. The van der Waals surface area contributed by atoms with Crippen LogP contribution in [0.3, 0.4) is 0 Å². The Balaban J connectivity index is 1.90. The minimum atomic E-state index is 0.272. The van der Waals surface area contributed by atoms with Crippen molar-refractivity contribution in [2.75, 3.05) is 6.54 Å². The van der Waals surface area contributed by atoms with E-state index in [1.807, 2.05) is 12.1 Å². The summed E-state index contributed by atoms with van der Waals surface area (Å²) in [6.07, 6.45) is 3.69. The van der Waals surface area contributed by atoms with Gasteiger partial charge in [0.25, 0.3) is 0 Å². The van der Waals surface area contributed by atoms with Crippen molar-refractivity contribution in [3.8, 4) is 5.75 Å². The molecule has 2 N–H and O–H groups in total. The smallest absolute Gasteiger partial charge is 0.213 e. The van der Waals surface area contributed by atoms with Gasteiger partial charge in [-0.15, -0.1) is 0 Å². The van der Waals surface area contributed by atoms with E-state index in [9.17, 15) is 0 Å². The van der Waals surface area contributed by atoms with Crippen molar-refractivity contribution in [2.24, 2.45) is 5.73 Å². The Labute approximate surface area is 92.4 Å². The molecular formula is C10H12N4O2. The fourth-order valence-corrected chi connectivity index (χ4v) is 1.20. The van der Waals surface area contributed by atoms with Gasteiger partial charge >= 0.3 is 0 Å². The Hall–Kier alpha value is -1.95. The average Bonchev–Trinajstić information content (AvgIpc) is 2.82. The Morgan fingerprint density at radius 2 is 2.25 bits per heavy atom. The third kappa shape index (κ3) is 2.77. The lowest BCUT2D eigenvalue weighted by atomic mass is 10.3. The highest BCUT2D eigenvalue weighted by molar-refractivity contribution is 5.20. The zero-order chi connectivity index (χ0) is 11.2. The van der Waals surface area contributed by atoms with Gasteiger partial charge in [-0.05, 0) is 18.7 Å². The molecular weight excluding hydrogens is 208 g/mol.